The molecule has 0 aliphatic rings. The van der Waals surface area contributed by atoms with Crippen LogP contribution in [0.5, 0.6) is 5.75 Å². The summed E-state index contributed by atoms with van der Waals surface area (Å²) >= 11 is 0. The maximum atomic E-state index is 11.7. The lowest BCUT2D eigenvalue weighted by Crippen LogP contribution is -2.30. The van der Waals surface area contributed by atoms with Crippen LogP contribution in [-0.4, -0.2) is 31.4 Å². The minimum absolute atomic E-state index is 0.0923. The molecule has 20 heavy (non-hydrogen) atoms. The minimum Gasteiger partial charge on any atom is -0.497 e. The lowest BCUT2D eigenvalue weighted by molar-refractivity contribution is 0.148. The third-order valence-electron chi connectivity index (χ3n) is 3.07. The molecule has 0 saturated carbocycles. The lowest BCUT2D eigenvalue weighted by Gasteiger charge is -2.21. The van der Waals surface area contributed by atoms with E-state index in [1.54, 1.807) is 19.2 Å². The van der Waals surface area contributed by atoms with Gasteiger partial charge in [-0.15, -0.1) is 0 Å². The second-order valence-electron chi connectivity index (χ2n) is 5.54. The van der Waals surface area contributed by atoms with Crippen molar-refractivity contribution in [3.8, 4) is 5.75 Å². The Bertz CT molecular complexity index is 433. The average molecular weight is 280 g/mol. The van der Waals surface area contributed by atoms with Gasteiger partial charge < -0.3 is 20.5 Å². The summed E-state index contributed by atoms with van der Waals surface area (Å²) in [5.74, 6) is 0.701. The predicted octanol–water partition coefficient (Wildman–Crippen LogP) is 2.62. The first kappa shape index (κ1) is 16.3. The van der Waals surface area contributed by atoms with Crippen LogP contribution in [0, 0.1) is 5.41 Å². The molecular weight excluding hydrogens is 256 g/mol. The van der Waals surface area contributed by atoms with Gasteiger partial charge in [0, 0.05) is 24.9 Å². The molecule has 0 aliphatic heterocycles. The molecule has 0 fully saturated rings. The van der Waals surface area contributed by atoms with Crippen molar-refractivity contribution in [3.63, 3.8) is 0 Å². The molecule has 0 saturated heterocycles. The number of anilines is 1. The van der Waals surface area contributed by atoms with E-state index < -0.39 is 0 Å². The molecular formula is C15H24N2O3. The van der Waals surface area contributed by atoms with E-state index in [0.29, 0.717) is 18.0 Å². The van der Waals surface area contributed by atoms with Gasteiger partial charge in [0.1, 0.15) is 5.75 Å². The van der Waals surface area contributed by atoms with E-state index in [2.05, 4.69) is 10.6 Å². The van der Waals surface area contributed by atoms with Crippen molar-refractivity contribution < 1.29 is 14.6 Å². The Balaban J connectivity index is 2.30. The molecule has 1 aromatic rings. The van der Waals surface area contributed by atoms with Crippen LogP contribution in [0.4, 0.5) is 10.5 Å². The van der Waals surface area contributed by atoms with E-state index in [9.17, 15) is 4.79 Å². The molecule has 1 rings (SSSR count). The summed E-state index contributed by atoms with van der Waals surface area (Å²) in [6.45, 7) is 4.74. The van der Waals surface area contributed by atoms with Gasteiger partial charge in [-0.3, -0.25) is 0 Å². The van der Waals surface area contributed by atoms with Crippen molar-refractivity contribution in [2.45, 2.75) is 26.7 Å². The van der Waals surface area contributed by atoms with Gasteiger partial charge in [0.25, 0.3) is 0 Å². The maximum absolute atomic E-state index is 11.7. The summed E-state index contributed by atoms with van der Waals surface area (Å²) < 4.78 is 5.09. The Morgan fingerprint density at radius 2 is 2.15 bits per heavy atom. The first-order valence-electron chi connectivity index (χ1n) is 6.76. The molecule has 112 valence electrons. The first-order chi connectivity index (χ1) is 9.46. The first-order valence-corrected chi connectivity index (χ1v) is 6.76. The Labute approximate surface area is 120 Å². The highest BCUT2D eigenvalue weighted by Gasteiger charge is 2.15. The lowest BCUT2D eigenvalue weighted by atomic mass is 9.89. The second-order valence-corrected chi connectivity index (χ2v) is 5.54. The number of urea groups is 1. The van der Waals surface area contributed by atoms with Crippen LogP contribution in [0.15, 0.2) is 24.3 Å². The summed E-state index contributed by atoms with van der Waals surface area (Å²) in [6, 6.07) is 6.96. The zero-order valence-corrected chi connectivity index (χ0v) is 12.4. The fourth-order valence-corrected chi connectivity index (χ4v) is 1.72. The number of ether oxygens (including phenoxy) is 1. The van der Waals surface area contributed by atoms with Crippen LogP contribution in [0.1, 0.15) is 26.7 Å². The van der Waals surface area contributed by atoms with Crippen molar-refractivity contribution in [1.82, 2.24) is 5.32 Å². The Hall–Kier alpha value is -1.75. The number of carbonyl (C=O) groups is 1. The third kappa shape index (κ3) is 5.93. The minimum atomic E-state index is -0.236. The van der Waals surface area contributed by atoms with E-state index in [1.807, 2.05) is 26.0 Å². The molecule has 5 nitrogen and oxygen atoms in total. The molecule has 0 heterocycles. The highest BCUT2D eigenvalue weighted by atomic mass is 16.5. The SMILES string of the molecule is COc1cccc(NC(=O)NCCCC(C)(C)CO)c1. The van der Waals surface area contributed by atoms with Gasteiger partial charge in [0.05, 0.1) is 7.11 Å². The monoisotopic (exact) mass is 280 g/mol. The van der Waals surface area contributed by atoms with Crippen LogP contribution < -0.4 is 15.4 Å². The van der Waals surface area contributed by atoms with Crippen LogP contribution in [0.25, 0.3) is 0 Å². The van der Waals surface area contributed by atoms with E-state index in [0.717, 1.165) is 12.8 Å². The molecule has 2 amide bonds. The van der Waals surface area contributed by atoms with Crippen molar-refractivity contribution in [1.29, 1.82) is 0 Å². The quantitative estimate of drug-likeness (QED) is 0.672. The summed E-state index contributed by atoms with van der Waals surface area (Å²) in [5.41, 5.74) is 0.600. The zero-order valence-electron chi connectivity index (χ0n) is 12.4. The normalized spacial score (nSPS) is 11.0. The van der Waals surface area contributed by atoms with Crippen molar-refractivity contribution >= 4 is 11.7 Å². The standard InChI is InChI=1S/C15H24N2O3/c1-15(2,11-18)8-5-9-16-14(19)17-12-6-4-7-13(10-12)20-3/h4,6-7,10,18H,5,8-9,11H2,1-3H3,(H2,16,17,19). The molecule has 0 unspecified atom stereocenters. The molecule has 0 radical (unpaired) electrons. The van der Waals surface area contributed by atoms with Gasteiger partial charge in [0.15, 0.2) is 0 Å². The number of benzene rings is 1. The molecule has 0 atom stereocenters. The smallest absolute Gasteiger partial charge is 0.319 e. The largest absolute Gasteiger partial charge is 0.497 e. The topological polar surface area (TPSA) is 70.6 Å². The van der Waals surface area contributed by atoms with Crippen molar-refractivity contribution in [3.05, 3.63) is 24.3 Å². The van der Waals surface area contributed by atoms with Gasteiger partial charge in [-0.25, -0.2) is 4.79 Å². The maximum Gasteiger partial charge on any atom is 0.319 e. The Morgan fingerprint density at radius 1 is 1.40 bits per heavy atom. The van der Waals surface area contributed by atoms with Crippen molar-refractivity contribution in [2.24, 2.45) is 5.41 Å². The predicted molar refractivity (Wildman–Crippen MR) is 80.1 cm³/mol. The van der Waals surface area contributed by atoms with Crippen LogP contribution in [0.2, 0.25) is 0 Å². The van der Waals surface area contributed by atoms with E-state index >= 15 is 0 Å². The second kappa shape index (κ2) is 7.75. The molecule has 0 aromatic heterocycles. The summed E-state index contributed by atoms with van der Waals surface area (Å²) in [7, 11) is 1.59. The number of methoxy groups -OCH3 is 1. The third-order valence-corrected chi connectivity index (χ3v) is 3.07. The number of carbonyl (C=O) groups excluding carboxylic acids is 1. The number of hydrogen-bond acceptors (Lipinski definition) is 3. The summed E-state index contributed by atoms with van der Waals surface area (Å²) in [4.78, 5) is 11.7. The Morgan fingerprint density at radius 3 is 2.80 bits per heavy atom. The van der Waals surface area contributed by atoms with E-state index in [-0.39, 0.29) is 18.1 Å². The summed E-state index contributed by atoms with van der Waals surface area (Å²) in [6.07, 6.45) is 1.70. The zero-order chi connectivity index (χ0) is 15.0. The van der Waals surface area contributed by atoms with Crippen molar-refractivity contribution in [2.75, 3.05) is 25.6 Å². The van der Waals surface area contributed by atoms with Gasteiger partial charge in [0.2, 0.25) is 0 Å². The van der Waals surface area contributed by atoms with E-state index in [4.69, 9.17) is 9.84 Å². The molecule has 1 aromatic carbocycles. The van der Waals surface area contributed by atoms with Gasteiger partial charge in [-0.05, 0) is 30.4 Å². The van der Waals surface area contributed by atoms with Crippen LogP contribution in [0.3, 0.4) is 0 Å². The average Bonchev–Trinajstić information content (AvgIpc) is 2.44. The highest BCUT2D eigenvalue weighted by molar-refractivity contribution is 5.89. The fraction of sp³-hybridized carbons (Fsp3) is 0.533. The van der Waals surface area contributed by atoms with Gasteiger partial charge in [-0.1, -0.05) is 19.9 Å². The van der Waals surface area contributed by atoms with Crippen LogP contribution in [-0.2, 0) is 0 Å². The van der Waals surface area contributed by atoms with Crippen LogP contribution >= 0.6 is 0 Å². The number of hydrogen-bond donors (Lipinski definition) is 3. The number of nitrogens with one attached hydrogen (secondary N) is 2. The number of aliphatic hydroxyl groups excluding tert-OH is 1. The molecule has 5 heteroatoms. The fourth-order valence-electron chi connectivity index (χ4n) is 1.72. The molecule has 0 aliphatic carbocycles. The summed E-state index contributed by atoms with van der Waals surface area (Å²) in [5, 5.41) is 14.7. The highest BCUT2D eigenvalue weighted by Crippen LogP contribution is 2.20. The Kier molecular flexibility index (Phi) is 6.31. The van der Waals surface area contributed by atoms with Gasteiger partial charge in [-0.2, -0.15) is 0 Å². The molecule has 0 spiro atoms. The number of amides is 2. The van der Waals surface area contributed by atoms with Gasteiger partial charge >= 0.3 is 6.03 Å². The van der Waals surface area contributed by atoms with E-state index in [1.165, 1.54) is 0 Å². The number of rotatable bonds is 7. The molecule has 3 N–H and O–H groups in total. The molecule has 0 bridgehead atoms. The number of aliphatic hydroxyl groups is 1.